The van der Waals surface area contributed by atoms with E-state index >= 15 is 0 Å². The van der Waals surface area contributed by atoms with E-state index in [1.54, 1.807) is 18.2 Å². The number of carbonyl (C=O) groups excluding carboxylic acids is 1. The fourth-order valence-electron chi connectivity index (χ4n) is 2.53. The van der Waals surface area contributed by atoms with Crippen LogP contribution in [-0.2, 0) is 4.79 Å². The normalized spacial score (nSPS) is 15.7. The van der Waals surface area contributed by atoms with E-state index in [-0.39, 0.29) is 12.3 Å². The molecule has 1 aliphatic carbocycles. The number of hydrogen-bond acceptors (Lipinski definition) is 4. The summed E-state index contributed by atoms with van der Waals surface area (Å²) < 4.78 is 10.3. The van der Waals surface area contributed by atoms with Crippen LogP contribution in [-0.4, -0.2) is 36.7 Å². The van der Waals surface area contributed by atoms with Gasteiger partial charge in [0, 0.05) is 6.07 Å². The van der Waals surface area contributed by atoms with Crippen LogP contribution in [0.25, 0.3) is 0 Å². The molecule has 21 heavy (non-hydrogen) atoms. The molecule has 2 rings (SSSR count). The number of ether oxygens (including phenoxy) is 2. The number of carboxylic acid groups (broad SMARTS) is 1. The highest BCUT2D eigenvalue weighted by Gasteiger charge is 2.40. The van der Waals surface area contributed by atoms with Crippen molar-refractivity contribution >= 4 is 11.9 Å². The van der Waals surface area contributed by atoms with Crippen molar-refractivity contribution in [3.63, 3.8) is 0 Å². The van der Waals surface area contributed by atoms with Crippen molar-refractivity contribution in [2.75, 3.05) is 14.2 Å². The van der Waals surface area contributed by atoms with Crippen LogP contribution in [0, 0.1) is 0 Å². The molecule has 6 nitrogen and oxygen atoms in total. The quantitative estimate of drug-likeness (QED) is 0.836. The minimum atomic E-state index is -0.906. The standard InChI is InChI=1S/C15H19NO5/c1-20-10-4-5-11(12(8-10)21-2)14(19)16-15(6-3-7-15)9-13(17)18/h4-5,8H,3,6-7,9H2,1-2H3,(H,16,19)(H,17,18). The minimum Gasteiger partial charge on any atom is -0.497 e. The number of benzene rings is 1. The zero-order chi connectivity index (χ0) is 15.5. The van der Waals surface area contributed by atoms with Gasteiger partial charge in [-0.15, -0.1) is 0 Å². The monoisotopic (exact) mass is 293 g/mol. The third-order valence-corrected chi connectivity index (χ3v) is 3.83. The largest absolute Gasteiger partial charge is 0.497 e. The second kappa shape index (κ2) is 6.03. The molecule has 0 atom stereocenters. The van der Waals surface area contributed by atoms with Gasteiger partial charge in [0.25, 0.3) is 5.91 Å². The third kappa shape index (κ3) is 3.26. The minimum absolute atomic E-state index is 0.0583. The number of nitrogens with one attached hydrogen (secondary N) is 1. The van der Waals surface area contributed by atoms with E-state index in [1.807, 2.05) is 0 Å². The maximum Gasteiger partial charge on any atom is 0.305 e. The van der Waals surface area contributed by atoms with Crippen LogP contribution in [0.1, 0.15) is 36.0 Å². The topological polar surface area (TPSA) is 84.9 Å². The highest BCUT2D eigenvalue weighted by atomic mass is 16.5. The third-order valence-electron chi connectivity index (χ3n) is 3.83. The molecule has 1 aromatic carbocycles. The summed E-state index contributed by atoms with van der Waals surface area (Å²) in [6, 6.07) is 4.90. The SMILES string of the molecule is COc1ccc(C(=O)NC2(CC(=O)O)CCC2)c(OC)c1. The maximum atomic E-state index is 12.4. The van der Waals surface area contributed by atoms with Crippen molar-refractivity contribution in [1.29, 1.82) is 0 Å². The van der Waals surface area contributed by atoms with Gasteiger partial charge in [0.1, 0.15) is 11.5 Å². The first-order valence-electron chi connectivity index (χ1n) is 6.76. The smallest absolute Gasteiger partial charge is 0.305 e. The summed E-state index contributed by atoms with van der Waals surface area (Å²) in [5.41, 5.74) is -0.261. The molecule has 1 aliphatic rings. The van der Waals surface area contributed by atoms with Gasteiger partial charge in [-0.2, -0.15) is 0 Å². The molecule has 0 heterocycles. The Morgan fingerprint density at radius 1 is 1.29 bits per heavy atom. The van der Waals surface area contributed by atoms with Crippen molar-refractivity contribution in [1.82, 2.24) is 5.32 Å². The summed E-state index contributed by atoms with van der Waals surface area (Å²) in [7, 11) is 3.01. The second-order valence-electron chi connectivity index (χ2n) is 5.22. The number of rotatable bonds is 6. The van der Waals surface area contributed by atoms with Crippen molar-refractivity contribution < 1.29 is 24.2 Å². The second-order valence-corrected chi connectivity index (χ2v) is 5.22. The molecule has 0 aliphatic heterocycles. The van der Waals surface area contributed by atoms with Gasteiger partial charge in [0.2, 0.25) is 0 Å². The molecule has 1 amide bonds. The fourth-order valence-corrected chi connectivity index (χ4v) is 2.53. The summed E-state index contributed by atoms with van der Waals surface area (Å²) in [6.45, 7) is 0. The number of carbonyl (C=O) groups is 2. The molecule has 1 fully saturated rings. The van der Waals surface area contributed by atoms with Crippen LogP contribution >= 0.6 is 0 Å². The first kappa shape index (κ1) is 15.2. The molecular weight excluding hydrogens is 274 g/mol. The summed E-state index contributed by atoms with van der Waals surface area (Å²) in [4.78, 5) is 23.3. The molecule has 1 saturated carbocycles. The Morgan fingerprint density at radius 3 is 2.48 bits per heavy atom. The first-order valence-corrected chi connectivity index (χ1v) is 6.76. The zero-order valence-corrected chi connectivity index (χ0v) is 12.1. The van der Waals surface area contributed by atoms with E-state index in [0.717, 1.165) is 6.42 Å². The average Bonchev–Trinajstić information content (AvgIpc) is 2.43. The summed E-state index contributed by atoms with van der Waals surface area (Å²) >= 11 is 0. The van der Waals surface area contributed by atoms with E-state index < -0.39 is 11.5 Å². The zero-order valence-electron chi connectivity index (χ0n) is 12.1. The number of hydrogen-bond donors (Lipinski definition) is 2. The number of amides is 1. The van der Waals surface area contributed by atoms with Gasteiger partial charge in [0.05, 0.1) is 31.7 Å². The van der Waals surface area contributed by atoms with Crippen LogP contribution in [0.3, 0.4) is 0 Å². The Bertz CT molecular complexity index is 551. The Hall–Kier alpha value is -2.24. The van der Waals surface area contributed by atoms with E-state index in [9.17, 15) is 9.59 Å². The molecule has 0 spiro atoms. The molecular formula is C15H19NO5. The van der Waals surface area contributed by atoms with Gasteiger partial charge in [-0.1, -0.05) is 0 Å². The molecule has 1 aromatic rings. The molecule has 0 bridgehead atoms. The van der Waals surface area contributed by atoms with E-state index in [4.69, 9.17) is 14.6 Å². The lowest BCUT2D eigenvalue weighted by Gasteiger charge is -2.41. The fraction of sp³-hybridized carbons (Fsp3) is 0.467. The molecule has 2 N–H and O–H groups in total. The molecule has 0 unspecified atom stereocenters. The average molecular weight is 293 g/mol. The van der Waals surface area contributed by atoms with Gasteiger partial charge >= 0.3 is 5.97 Å². The lowest BCUT2D eigenvalue weighted by molar-refractivity contribution is -0.139. The molecule has 6 heteroatoms. The summed E-state index contributed by atoms with van der Waals surface area (Å²) in [5, 5.41) is 11.8. The molecule has 0 saturated heterocycles. The van der Waals surface area contributed by atoms with Crippen LogP contribution in [0.2, 0.25) is 0 Å². The van der Waals surface area contributed by atoms with Crippen LogP contribution in [0.15, 0.2) is 18.2 Å². The van der Waals surface area contributed by atoms with E-state index in [0.29, 0.717) is 29.9 Å². The van der Waals surface area contributed by atoms with Crippen molar-refractivity contribution in [3.05, 3.63) is 23.8 Å². The predicted molar refractivity (Wildman–Crippen MR) is 75.8 cm³/mol. The Balaban J connectivity index is 2.18. The molecule has 0 aromatic heterocycles. The van der Waals surface area contributed by atoms with Gasteiger partial charge in [-0.25, -0.2) is 0 Å². The van der Waals surface area contributed by atoms with Gasteiger partial charge < -0.3 is 19.9 Å². The highest BCUT2D eigenvalue weighted by molar-refractivity contribution is 5.98. The van der Waals surface area contributed by atoms with Crippen LogP contribution < -0.4 is 14.8 Å². The lowest BCUT2D eigenvalue weighted by Crippen LogP contribution is -2.54. The highest BCUT2D eigenvalue weighted by Crippen LogP contribution is 2.36. The summed E-state index contributed by atoms with van der Waals surface area (Å²) in [5.74, 6) is -0.240. The van der Waals surface area contributed by atoms with Crippen molar-refractivity contribution in [2.45, 2.75) is 31.2 Å². The predicted octanol–water partition coefficient (Wildman–Crippen LogP) is 1.83. The Kier molecular flexibility index (Phi) is 4.35. The van der Waals surface area contributed by atoms with Crippen molar-refractivity contribution in [3.8, 4) is 11.5 Å². The van der Waals surface area contributed by atoms with Crippen molar-refractivity contribution in [2.24, 2.45) is 0 Å². The van der Waals surface area contributed by atoms with Gasteiger partial charge in [0.15, 0.2) is 0 Å². The van der Waals surface area contributed by atoms with E-state index in [2.05, 4.69) is 5.32 Å². The lowest BCUT2D eigenvalue weighted by atomic mass is 9.74. The summed E-state index contributed by atoms with van der Waals surface area (Å²) in [6.07, 6.45) is 2.23. The maximum absolute atomic E-state index is 12.4. The number of aliphatic carboxylic acids is 1. The number of methoxy groups -OCH3 is 2. The van der Waals surface area contributed by atoms with Crippen LogP contribution in [0.5, 0.6) is 11.5 Å². The van der Waals surface area contributed by atoms with Gasteiger partial charge in [-0.05, 0) is 31.4 Å². The van der Waals surface area contributed by atoms with Crippen LogP contribution in [0.4, 0.5) is 0 Å². The Labute approximate surface area is 123 Å². The van der Waals surface area contributed by atoms with E-state index in [1.165, 1.54) is 14.2 Å². The Morgan fingerprint density at radius 2 is 2.00 bits per heavy atom. The number of carboxylic acids is 1. The van der Waals surface area contributed by atoms with Gasteiger partial charge in [-0.3, -0.25) is 9.59 Å². The molecule has 0 radical (unpaired) electrons. The molecule has 114 valence electrons. The first-order chi connectivity index (χ1) is 9.99.